The molecule has 0 saturated carbocycles. The Morgan fingerprint density at radius 1 is 1.25 bits per heavy atom. The second-order valence-corrected chi connectivity index (χ2v) is 4.60. The highest BCUT2D eigenvalue weighted by Crippen LogP contribution is 2.15. The Morgan fingerprint density at radius 3 is 2.50 bits per heavy atom. The normalized spacial score (nSPS) is 11.2. The van der Waals surface area contributed by atoms with Gasteiger partial charge in [-0.25, -0.2) is 4.79 Å². The van der Waals surface area contributed by atoms with Crippen molar-refractivity contribution >= 4 is 11.9 Å². The number of halogens is 3. The van der Waals surface area contributed by atoms with E-state index < -0.39 is 31.1 Å². The van der Waals surface area contributed by atoms with Crippen LogP contribution in [0.4, 0.5) is 13.2 Å². The molecule has 0 aliphatic heterocycles. The van der Waals surface area contributed by atoms with Crippen molar-refractivity contribution in [3.8, 4) is 11.4 Å². The summed E-state index contributed by atoms with van der Waals surface area (Å²) >= 11 is 0. The van der Waals surface area contributed by atoms with Crippen LogP contribution < -0.4 is 5.32 Å². The second-order valence-electron chi connectivity index (χ2n) is 4.60. The molecule has 1 aromatic heterocycles. The fraction of sp³-hybridized carbons (Fsp3) is 0.308. The van der Waals surface area contributed by atoms with Crippen molar-refractivity contribution in [3.63, 3.8) is 0 Å². The SMILES string of the molecule is COC(=O)c1ccc(-c2nnn(CC(=O)NCC(F)(F)F)n2)cc1. The molecule has 1 aromatic carbocycles. The van der Waals surface area contributed by atoms with Crippen molar-refractivity contribution < 1.29 is 27.5 Å². The van der Waals surface area contributed by atoms with Crippen LogP contribution in [0.2, 0.25) is 0 Å². The molecule has 0 aliphatic rings. The van der Waals surface area contributed by atoms with Crippen LogP contribution in [0, 0.1) is 0 Å². The summed E-state index contributed by atoms with van der Waals surface area (Å²) in [6.07, 6.45) is -4.49. The number of esters is 1. The number of carbonyl (C=O) groups is 2. The van der Waals surface area contributed by atoms with Gasteiger partial charge in [-0.2, -0.15) is 18.0 Å². The summed E-state index contributed by atoms with van der Waals surface area (Å²) in [5.74, 6) is -1.23. The third-order valence-electron chi connectivity index (χ3n) is 2.79. The molecule has 0 saturated heterocycles. The summed E-state index contributed by atoms with van der Waals surface area (Å²) in [4.78, 5) is 23.6. The highest BCUT2D eigenvalue weighted by molar-refractivity contribution is 5.89. The number of tetrazole rings is 1. The molecular formula is C13H12F3N5O3. The van der Waals surface area contributed by atoms with Gasteiger partial charge in [0.15, 0.2) is 0 Å². The van der Waals surface area contributed by atoms with Crippen LogP contribution in [0.15, 0.2) is 24.3 Å². The van der Waals surface area contributed by atoms with Crippen molar-refractivity contribution in [1.82, 2.24) is 25.5 Å². The van der Waals surface area contributed by atoms with Crippen LogP contribution in [0.5, 0.6) is 0 Å². The van der Waals surface area contributed by atoms with Gasteiger partial charge in [0.25, 0.3) is 0 Å². The van der Waals surface area contributed by atoms with E-state index in [2.05, 4.69) is 20.1 Å². The number of hydrogen-bond acceptors (Lipinski definition) is 6. The van der Waals surface area contributed by atoms with Gasteiger partial charge in [0.1, 0.15) is 13.1 Å². The van der Waals surface area contributed by atoms with Crippen LogP contribution in [-0.4, -0.2) is 51.9 Å². The zero-order chi connectivity index (χ0) is 17.7. The Labute approximate surface area is 133 Å². The van der Waals surface area contributed by atoms with E-state index in [0.29, 0.717) is 11.1 Å². The molecule has 0 aliphatic carbocycles. The molecule has 0 spiro atoms. The zero-order valence-corrected chi connectivity index (χ0v) is 12.4. The summed E-state index contributed by atoms with van der Waals surface area (Å²) < 4.78 is 40.6. The molecule has 1 heterocycles. The van der Waals surface area contributed by atoms with Crippen LogP contribution in [0.3, 0.4) is 0 Å². The summed E-state index contributed by atoms with van der Waals surface area (Å²) in [6, 6.07) is 6.10. The average molecular weight is 343 g/mol. The van der Waals surface area contributed by atoms with E-state index in [1.807, 2.05) is 0 Å². The van der Waals surface area contributed by atoms with Gasteiger partial charge >= 0.3 is 12.1 Å². The monoisotopic (exact) mass is 343 g/mol. The molecule has 0 fully saturated rings. The highest BCUT2D eigenvalue weighted by Gasteiger charge is 2.27. The predicted molar refractivity (Wildman–Crippen MR) is 73.7 cm³/mol. The first-order valence-electron chi connectivity index (χ1n) is 6.58. The molecule has 2 rings (SSSR count). The number of amides is 1. The predicted octanol–water partition coefficient (Wildman–Crippen LogP) is 0.805. The molecule has 0 unspecified atom stereocenters. The van der Waals surface area contributed by atoms with E-state index in [9.17, 15) is 22.8 Å². The number of hydrogen-bond donors (Lipinski definition) is 1. The van der Waals surface area contributed by atoms with E-state index in [4.69, 9.17) is 0 Å². The molecule has 0 bridgehead atoms. The lowest BCUT2D eigenvalue weighted by Gasteiger charge is -2.07. The van der Waals surface area contributed by atoms with Crippen molar-refractivity contribution in [2.45, 2.75) is 12.7 Å². The molecule has 2 aromatic rings. The number of nitrogens with zero attached hydrogens (tertiary/aromatic N) is 4. The minimum absolute atomic E-state index is 0.162. The third kappa shape index (κ3) is 4.76. The number of nitrogens with one attached hydrogen (secondary N) is 1. The lowest BCUT2D eigenvalue weighted by Crippen LogP contribution is -2.36. The lowest BCUT2D eigenvalue weighted by atomic mass is 10.1. The number of aromatic nitrogens is 4. The Balaban J connectivity index is 2.00. The number of ether oxygens (including phenoxy) is 1. The summed E-state index contributed by atoms with van der Waals surface area (Å²) in [5, 5.41) is 12.9. The zero-order valence-electron chi connectivity index (χ0n) is 12.4. The topological polar surface area (TPSA) is 99.0 Å². The highest BCUT2D eigenvalue weighted by atomic mass is 19.4. The van der Waals surface area contributed by atoms with Gasteiger partial charge in [0, 0.05) is 5.56 Å². The van der Waals surface area contributed by atoms with Gasteiger partial charge in [-0.1, -0.05) is 12.1 Å². The van der Waals surface area contributed by atoms with Crippen LogP contribution in [0.25, 0.3) is 11.4 Å². The van der Waals surface area contributed by atoms with E-state index >= 15 is 0 Å². The molecule has 24 heavy (non-hydrogen) atoms. The van der Waals surface area contributed by atoms with Crippen molar-refractivity contribution in [2.24, 2.45) is 0 Å². The smallest absolute Gasteiger partial charge is 0.405 e. The van der Waals surface area contributed by atoms with Crippen LogP contribution >= 0.6 is 0 Å². The van der Waals surface area contributed by atoms with E-state index in [1.54, 1.807) is 17.4 Å². The molecule has 1 amide bonds. The standard InChI is InChI=1S/C13H12F3N5O3/c1-24-12(23)9-4-2-8(3-5-9)11-18-20-21(19-11)6-10(22)17-7-13(14,15)16/h2-5H,6-7H2,1H3,(H,17,22). The van der Waals surface area contributed by atoms with E-state index in [0.717, 1.165) is 4.80 Å². The number of alkyl halides is 3. The molecular weight excluding hydrogens is 331 g/mol. The van der Waals surface area contributed by atoms with Gasteiger partial charge in [0.05, 0.1) is 12.7 Å². The maximum absolute atomic E-state index is 12.0. The summed E-state index contributed by atoms with van der Waals surface area (Å²) in [7, 11) is 1.26. The molecule has 1 N–H and O–H groups in total. The minimum atomic E-state index is -4.49. The van der Waals surface area contributed by atoms with E-state index in [1.165, 1.54) is 19.2 Å². The molecule has 0 atom stereocenters. The summed E-state index contributed by atoms with van der Waals surface area (Å²) in [5.41, 5.74) is 0.852. The van der Waals surface area contributed by atoms with E-state index in [-0.39, 0.29) is 5.82 Å². The Morgan fingerprint density at radius 2 is 1.92 bits per heavy atom. The Hall–Kier alpha value is -2.98. The molecule has 128 valence electrons. The first-order chi connectivity index (χ1) is 11.3. The van der Waals surface area contributed by atoms with Gasteiger partial charge < -0.3 is 10.1 Å². The first-order valence-corrected chi connectivity index (χ1v) is 6.58. The van der Waals surface area contributed by atoms with Gasteiger partial charge in [-0.3, -0.25) is 4.79 Å². The third-order valence-corrected chi connectivity index (χ3v) is 2.79. The van der Waals surface area contributed by atoms with Crippen molar-refractivity contribution in [3.05, 3.63) is 29.8 Å². The van der Waals surface area contributed by atoms with Crippen LogP contribution in [-0.2, 0) is 16.1 Å². The quantitative estimate of drug-likeness (QED) is 0.807. The van der Waals surface area contributed by atoms with Crippen molar-refractivity contribution in [1.29, 1.82) is 0 Å². The van der Waals surface area contributed by atoms with Crippen LogP contribution in [0.1, 0.15) is 10.4 Å². The number of methoxy groups -OCH3 is 1. The fourth-order valence-corrected chi connectivity index (χ4v) is 1.68. The fourth-order valence-electron chi connectivity index (χ4n) is 1.68. The maximum atomic E-state index is 12.0. The Kier molecular flexibility index (Phi) is 5.11. The molecule has 11 heteroatoms. The number of benzene rings is 1. The average Bonchev–Trinajstić information content (AvgIpc) is 3.00. The van der Waals surface area contributed by atoms with Crippen molar-refractivity contribution in [2.75, 3.05) is 13.7 Å². The van der Waals surface area contributed by atoms with Gasteiger partial charge in [-0.05, 0) is 17.3 Å². The Bertz CT molecular complexity index is 727. The summed E-state index contributed by atoms with van der Waals surface area (Å²) in [6.45, 7) is -1.92. The molecule has 8 nitrogen and oxygen atoms in total. The minimum Gasteiger partial charge on any atom is -0.465 e. The largest absolute Gasteiger partial charge is 0.465 e. The number of carbonyl (C=O) groups excluding carboxylic acids is 2. The number of rotatable bonds is 5. The molecule has 0 radical (unpaired) electrons. The lowest BCUT2D eigenvalue weighted by molar-refractivity contribution is -0.139. The van der Waals surface area contributed by atoms with Gasteiger partial charge in [0.2, 0.25) is 11.7 Å². The van der Waals surface area contributed by atoms with Gasteiger partial charge in [-0.15, -0.1) is 10.2 Å². The maximum Gasteiger partial charge on any atom is 0.405 e. The first kappa shape index (κ1) is 17.4. The second kappa shape index (κ2) is 7.06.